The Morgan fingerprint density at radius 2 is 1.75 bits per heavy atom. The maximum atomic E-state index is 5.91. The lowest BCUT2D eigenvalue weighted by molar-refractivity contribution is 0.474. The lowest BCUT2D eigenvalue weighted by Crippen LogP contribution is -1.96. The average molecular weight is 166 g/mol. The van der Waals surface area contributed by atoms with Crippen molar-refractivity contribution in [2.75, 3.05) is 0 Å². The molecule has 70 valence electrons. The summed E-state index contributed by atoms with van der Waals surface area (Å²) in [5.74, 6) is 1.35. The highest BCUT2D eigenvalue weighted by Crippen LogP contribution is 2.19. The minimum Gasteiger partial charge on any atom is -0.0774 e. The Labute approximate surface area is 79.5 Å². The molecule has 0 saturated heterocycles. The zero-order valence-corrected chi connectivity index (χ0v) is 8.97. The Bertz CT molecular complexity index is 91.0. The van der Waals surface area contributed by atoms with Gasteiger partial charge in [0.25, 0.3) is 0 Å². The van der Waals surface area contributed by atoms with Crippen LogP contribution in [0.3, 0.4) is 0 Å². The topological polar surface area (TPSA) is 0 Å². The van der Waals surface area contributed by atoms with E-state index in [0.717, 1.165) is 5.92 Å². The molecule has 1 heteroatoms. The van der Waals surface area contributed by atoms with Crippen molar-refractivity contribution >= 4 is 7.85 Å². The van der Waals surface area contributed by atoms with E-state index >= 15 is 0 Å². The smallest absolute Gasteiger partial charge is 0.0699 e. The number of hydrogen-bond donors (Lipinski definition) is 0. The molecule has 2 atom stereocenters. The Balaban J connectivity index is 3.18. The Morgan fingerprint density at radius 3 is 2.25 bits per heavy atom. The van der Waals surface area contributed by atoms with Crippen LogP contribution >= 0.6 is 0 Å². The molecule has 2 unspecified atom stereocenters. The molecule has 0 aliphatic rings. The van der Waals surface area contributed by atoms with Gasteiger partial charge in [-0.05, 0) is 5.92 Å². The molecular weight excluding hydrogens is 143 g/mol. The molecule has 12 heavy (non-hydrogen) atoms. The summed E-state index contributed by atoms with van der Waals surface area (Å²) in [6, 6.07) is 0. The quantitative estimate of drug-likeness (QED) is 0.502. The highest BCUT2D eigenvalue weighted by molar-refractivity contribution is 6.11. The Morgan fingerprint density at radius 1 is 1.08 bits per heavy atom. The van der Waals surface area contributed by atoms with Gasteiger partial charge < -0.3 is 0 Å². The highest BCUT2D eigenvalue weighted by Gasteiger charge is 2.02. The van der Waals surface area contributed by atoms with Crippen LogP contribution in [0.15, 0.2) is 0 Å². The summed E-state index contributed by atoms with van der Waals surface area (Å²) < 4.78 is 0. The van der Waals surface area contributed by atoms with E-state index in [0.29, 0.717) is 5.82 Å². The first-order valence-electron chi connectivity index (χ1n) is 5.46. The van der Waals surface area contributed by atoms with Crippen molar-refractivity contribution in [1.29, 1.82) is 0 Å². The van der Waals surface area contributed by atoms with Crippen LogP contribution < -0.4 is 0 Å². The maximum Gasteiger partial charge on any atom is 0.0699 e. The van der Waals surface area contributed by atoms with Crippen molar-refractivity contribution in [2.24, 2.45) is 5.92 Å². The van der Waals surface area contributed by atoms with E-state index < -0.39 is 0 Å². The normalized spacial score (nSPS) is 15.9. The van der Waals surface area contributed by atoms with Crippen molar-refractivity contribution in [2.45, 2.75) is 65.1 Å². The second-order valence-corrected chi connectivity index (χ2v) is 3.99. The lowest BCUT2D eigenvalue weighted by Gasteiger charge is -2.12. The van der Waals surface area contributed by atoms with Gasteiger partial charge in [-0.3, -0.25) is 0 Å². The van der Waals surface area contributed by atoms with Crippen LogP contribution in [0.4, 0.5) is 0 Å². The monoisotopic (exact) mass is 166 g/mol. The van der Waals surface area contributed by atoms with Crippen LogP contribution in [0.5, 0.6) is 0 Å². The fourth-order valence-electron chi connectivity index (χ4n) is 1.45. The first kappa shape index (κ1) is 12.1. The first-order chi connectivity index (χ1) is 5.70. The first-order valence-corrected chi connectivity index (χ1v) is 5.46. The van der Waals surface area contributed by atoms with Gasteiger partial charge in [0.05, 0.1) is 7.85 Å². The van der Waals surface area contributed by atoms with Gasteiger partial charge in [0.15, 0.2) is 0 Å². The predicted octanol–water partition coefficient (Wildman–Crippen LogP) is 3.96. The van der Waals surface area contributed by atoms with Gasteiger partial charge in [-0.25, -0.2) is 0 Å². The molecule has 2 radical (unpaired) electrons. The van der Waals surface area contributed by atoms with Crippen molar-refractivity contribution in [3.63, 3.8) is 0 Å². The molecule has 0 N–H and O–H groups in total. The van der Waals surface area contributed by atoms with Crippen molar-refractivity contribution in [3.05, 3.63) is 0 Å². The lowest BCUT2D eigenvalue weighted by atomic mass is 9.79. The molecule has 0 aromatic heterocycles. The van der Waals surface area contributed by atoms with Crippen molar-refractivity contribution in [3.8, 4) is 0 Å². The Hall–Kier alpha value is 0.0649. The van der Waals surface area contributed by atoms with E-state index in [1.807, 2.05) is 0 Å². The third-order valence-corrected chi connectivity index (χ3v) is 2.63. The fourth-order valence-corrected chi connectivity index (χ4v) is 1.45. The molecule has 0 aromatic carbocycles. The SMILES string of the molecule is [B]C(CCC)CCCC(C)CC. The molecule has 0 aliphatic carbocycles. The summed E-state index contributed by atoms with van der Waals surface area (Å²) in [6.45, 7) is 6.79. The molecule has 0 heterocycles. The molecule has 0 aliphatic heterocycles. The van der Waals surface area contributed by atoms with E-state index in [9.17, 15) is 0 Å². The number of hydrogen-bond acceptors (Lipinski definition) is 0. The zero-order chi connectivity index (χ0) is 9.40. The third kappa shape index (κ3) is 6.76. The van der Waals surface area contributed by atoms with Crippen LogP contribution in [-0.2, 0) is 0 Å². The van der Waals surface area contributed by atoms with E-state index in [1.165, 1.54) is 38.5 Å². The second-order valence-electron chi connectivity index (χ2n) is 3.99. The van der Waals surface area contributed by atoms with Gasteiger partial charge in [0.2, 0.25) is 0 Å². The second kappa shape index (κ2) is 7.70. The molecule has 0 rings (SSSR count). The molecule has 0 aromatic rings. The largest absolute Gasteiger partial charge is 0.0774 e. The molecule has 0 nitrogen and oxygen atoms in total. The van der Waals surface area contributed by atoms with E-state index in [1.54, 1.807) is 0 Å². The van der Waals surface area contributed by atoms with Gasteiger partial charge >= 0.3 is 0 Å². The van der Waals surface area contributed by atoms with Crippen LogP contribution in [0.2, 0.25) is 5.82 Å². The standard InChI is InChI=1S/C11H23B/c1-4-7-11(12)9-6-8-10(3)5-2/h10-11H,4-9H2,1-3H3. The summed E-state index contributed by atoms with van der Waals surface area (Å²) in [4.78, 5) is 0. The molecule has 0 fully saturated rings. The fraction of sp³-hybridized carbons (Fsp3) is 1.00. The zero-order valence-electron chi connectivity index (χ0n) is 8.97. The van der Waals surface area contributed by atoms with Crippen LogP contribution in [-0.4, -0.2) is 7.85 Å². The van der Waals surface area contributed by atoms with Gasteiger partial charge in [-0.2, -0.15) is 0 Å². The van der Waals surface area contributed by atoms with Gasteiger partial charge in [-0.15, -0.1) is 0 Å². The van der Waals surface area contributed by atoms with Gasteiger partial charge in [-0.1, -0.05) is 65.1 Å². The van der Waals surface area contributed by atoms with Crippen molar-refractivity contribution < 1.29 is 0 Å². The van der Waals surface area contributed by atoms with Crippen LogP contribution in [0, 0.1) is 5.92 Å². The van der Waals surface area contributed by atoms with Crippen LogP contribution in [0.1, 0.15) is 59.3 Å². The molecule has 0 spiro atoms. The maximum absolute atomic E-state index is 5.91. The van der Waals surface area contributed by atoms with Gasteiger partial charge in [0.1, 0.15) is 0 Å². The molecular formula is C11H23B. The molecule has 0 saturated carbocycles. The minimum atomic E-state index is 0.457. The van der Waals surface area contributed by atoms with E-state index in [-0.39, 0.29) is 0 Å². The minimum absolute atomic E-state index is 0.457. The summed E-state index contributed by atoms with van der Waals surface area (Å²) in [5.41, 5.74) is 0. The Kier molecular flexibility index (Phi) is 7.74. The van der Waals surface area contributed by atoms with Gasteiger partial charge in [0, 0.05) is 0 Å². The summed E-state index contributed by atoms with van der Waals surface area (Å²) >= 11 is 0. The van der Waals surface area contributed by atoms with E-state index in [2.05, 4.69) is 20.8 Å². The van der Waals surface area contributed by atoms with Crippen LogP contribution in [0.25, 0.3) is 0 Å². The summed E-state index contributed by atoms with van der Waals surface area (Å²) in [6.07, 6.45) is 7.62. The van der Waals surface area contributed by atoms with Crippen molar-refractivity contribution in [1.82, 2.24) is 0 Å². The molecule has 0 amide bonds. The summed E-state index contributed by atoms with van der Waals surface area (Å²) in [7, 11) is 5.91. The predicted molar refractivity (Wildman–Crippen MR) is 57.7 cm³/mol. The molecule has 0 bridgehead atoms. The highest BCUT2D eigenvalue weighted by atomic mass is 14.1. The van der Waals surface area contributed by atoms with E-state index in [4.69, 9.17) is 7.85 Å². The third-order valence-electron chi connectivity index (χ3n) is 2.63. The number of rotatable bonds is 7. The average Bonchev–Trinajstić information content (AvgIpc) is 2.04. The summed E-state index contributed by atoms with van der Waals surface area (Å²) in [5, 5.41) is 0.